The Morgan fingerprint density at radius 1 is 1.30 bits per heavy atom. The zero-order chi connectivity index (χ0) is 16.4. The number of anilines is 1. The van der Waals surface area contributed by atoms with Crippen LogP contribution in [-0.4, -0.2) is 35.0 Å². The Bertz CT molecular complexity index is 710. The number of rotatable bonds is 3. The standard InChI is InChI=1S/C16H19N3O4/c1-10-5-8-22-14(10)16(21)19-6-3-12(4-7-19)15(20)17-13-9-11(2)23-18-13/h5,8-9,12H,3-4,6-7H2,1-2H3,(H,17,18,20). The van der Waals surface area contributed by atoms with Crippen LogP contribution in [0.15, 0.2) is 27.3 Å². The minimum atomic E-state index is -0.131. The van der Waals surface area contributed by atoms with Gasteiger partial charge in [-0.15, -0.1) is 0 Å². The first-order valence-electron chi connectivity index (χ1n) is 7.62. The Labute approximate surface area is 133 Å². The summed E-state index contributed by atoms with van der Waals surface area (Å²) < 4.78 is 10.2. The molecule has 1 aliphatic rings. The number of hydrogen-bond acceptors (Lipinski definition) is 5. The highest BCUT2D eigenvalue weighted by Crippen LogP contribution is 2.22. The van der Waals surface area contributed by atoms with Crippen LogP contribution in [0.2, 0.25) is 0 Å². The summed E-state index contributed by atoms with van der Waals surface area (Å²) in [5, 5.41) is 6.50. The fourth-order valence-corrected chi connectivity index (χ4v) is 2.73. The molecule has 7 heteroatoms. The molecule has 0 saturated carbocycles. The molecule has 1 aliphatic heterocycles. The Kier molecular flexibility index (Phi) is 4.18. The van der Waals surface area contributed by atoms with E-state index in [2.05, 4.69) is 10.5 Å². The summed E-state index contributed by atoms with van der Waals surface area (Å²) in [4.78, 5) is 26.3. The second kappa shape index (κ2) is 6.28. The summed E-state index contributed by atoms with van der Waals surface area (Å²) >= 11 is 0. The molecule has 1 saturated heterocycles. The van der Waals surface area contributed by atoms with E-state index in [0.29, 0.717) is 43.3 Å². The van der Waals surface area contributed by atoms with Gasteiger partial charge >= 0.3 is 0 Å². The number of nitrogens with one attached hydrogen (secondary N) is 1. The molecular formula is C16H19N3O4. The van der Waals surface area contributed by atoms with E-state index in [1.807, 2.05) is 6.92 Å². The van der Waals surface area contributed by atoms with Gasteiger partial charge in [0.05, 0.1) is 6.26 Å². The normalized spacial score (nSPS) is 15.7. The van der Waals surface area contributed by atoms with Crippen molar-refractivity contribution >= 4 is 17.6 Å². The van der Waals surface area contributed by atoms with Crippen LogP contribution < -0.4 is 5.32 Å². The van der Waals surface area contributed by atoms with Crippen molar-refractivity contribution in [2.24, 2.45) is 5.92 Å². The molecule has 2 amide bonds. The molecule has 3 rings (SSSR count). The van der Waals surface area contributed by atoms with Gasteiger partial charge in [-0.25, -0.2) is 0 Å². The van der Waals surface area contributed by atoms with Gasteiger partial charge in [-0.2, -0.15) is 0 Å². The Balaban J connectivity index is 1.55. The number of amides is 2. The van der Waals surface area contributed by atoms with Gasteiger partial charge < -0.3 is 19.2 Å². The van der Waals surface area contributed by atoms with Crippen LogP contribution in [0, 0.1) is 19.8 Å². The van der Waals surface area contributed by atoms with E-state index >= 15 is 0 Å². The van der Waals surface area contributed by atoms with Crippen molar-refractivity contribution in [1.82, 2.24) is 10.1 Å². The quantitative estimate of drug-likeness (QED) is 0.939. The third-order valence-electron chi connectivity index (χ3n) is 4.09. The lowest BCUT2D eigenvalue weighted by molar-refractivity contribution is -0.121. The van der Waals surface area contributed by atoms with Crippen molar-refractivity contribution in [3.8, 4) is 0 Å². The molecule has 0 aliphatic carbocycles. The average molecular weight is 317 g/mol. The van der Waals surface area contributed by atoms with Crippen LogP contribution in [-0.2, 0) is 4.79 Å². The lowest BCUT2D eigenvalue weighted by atomic mass is 9.95. The highest BCUT2D eigenvalue weighted by Gasteiger charge is 2.29. The van der Waals surface area contributed by atoms with Crippen LogP contribution in [0.1, 0.15) is 34.7 Å². The molecule has 7 nitrogen and oxygen atoms in total. The number of piperidine rings is 1. The minimum Gasteiger partial charge on any atom is -0.459 e. The summed E-state index contributed by atoms with van der Waals surface area (Å²) in [5.74, 6) is 1.13. The number of carbonyl (C=O) groups is 2. The fraction of sp³-hybridized carbons (Fsp3) is 0.438. The summed E-state index contributed by atoms with van der Waals surface area (Å²) in [6.07, 6.45) is 2.75. The van der Waals surface area contributed by atoms with E-state index < -0.39 is 0 Å². The smallest absolute Gasteiger partial charge is 0.289 e. The van der Waals surface area contributed by atoms with Gasteiger partial charge in [0.2, 0.25) is 5.91 Å². The molecule has 0 unspecified atom stereocenters. The van der Waals surface area contributed by atoms with Crippen molar-refractivity contribution < 1.29 is 18.5 Å². The van der Waals surface area contributed by atoms with Crippen LogP contribution in [0.4, 0.5) is 5.82 Å². The zero-order valence-corrected chi connectivity index (χ0v) is 13.2. The molecule has 1 N–H and O–H groups in total. The molecule has 0 radical (unpaired) electrons. The zero-order valence-electron chi connectivity index (χ0n) is 13.2. The third kappa shape index (κ3) is 3.28. The van der Waals surface area contributed by atoms with E-state index in [1.54, 1.807) is 24.0 Å². The SMILES string of the molecule is Cc1cc(NC(=O)C2CCN(C(=O)c3occc3C)CC2)no1. The highest BCUT2D eigenvalue weighted by molar-refractivity contribution is 5.94. The predicted molar refractivity (Wildman–Crippen MR) is 81.9 cm³/mol. The average Bonchev–Trinajstić information content (AvgIpc) is 3.15. The van der Waals surface area contributed by atoms with Crippen LogP contribution in [0.25, 0.3) is 0 Å². The minimum absolute atomic E-state index is 0.0837. The van der Waals surface area contributed by atoms with E-state index in [-0.39, 0.29) is 17.7 Å². The summed E-state index contributed by atoms with van der Waals surface area (Å²) in [5.41, 5.74) is 0.830. The molecule has 0 atom stereocenters. The Morgan fingerprint density at radius 2 is 2.04 bits per heavy atom. The molecule has 1 fully saturated rings. The third-order valence-corrected chi connectivity index (χ3v) is 4.09. The second-order valence-electron chi connectivity index (χ2n) is 5.81. The molecule has 0 aromatic carbocycles. The van der Waals surface area contributed by atoms with Crippen molar-refractivity contribution in [1.29, 1.82) is 0 Å². The van der Waals surface area contributed by atoms with Crippen molar-refractivity contribution in [3.63, 3.8) is 0 Å². The summed E-state index contributed by atoms with van der Waals surface area (Å²) in [6.45, 7) is 4.68. The fourth-order valence-electron chi connectivity index (χ4n) is 2.73. The highest BCUT2D eigenvalue weighted by atomic mass is 16.5. The van der Waals surface area contributed by atoms with E-state index in [1.165, 1.54) is 6.26 Å². The van der Waals surface area contributed by atoms with E-state index in [4.69, 9.17) is 8.94 Å². The first kappa shape index (κ1) is 15.3. The van der Waals surface area contributed by atoms with Gasteiger partial charge in [-0.1, -0.05) is 5.16 Å². The van der Waals surface area contributed by atoms with Crippen molar-refractivity contribution in [2.75, 3.05) is 18.4 Å². The molecule has 2 aromatic heterocycles. The summed E-state index contributed by atoms with van der Waals surface area (Å²) in [7, 11) is 0. The lowest BCUT2D eigenvalue weighted by Crippen LogP contribution is -2.41. The maximum Gasteiger partial charge on any atom is 0.289 e. The first-order chi connectivity index (χ1) is 11.0. The molecule has 0 bridgehead atoms. The van der Waals surface area contributed by atoms with Gasteiger partial charge in [-0.05, 0) is 32.8 Å². The molecule has 0 spiro atoms. The largest absolute Gasteiger partial charge is 0.459 e. The van der Waals surface area contributed by atoms with Gasteiger partial charge in [0.25, 0.3) is 5.91 Å². The number of nitrogens with zero attached hydrogens (tertiary/aromatic N) is 2. The maximum absolute atomic E-state index is 12.4. The van der Waals surface area contributed by atoms with Crippen LogP contribution >= 0.6 is 0 Å². The predicted octanol–water partition coefficient (Wildman–Crippen LogP) is 2.38. The molecule has 2 aromatic rings. The maximum atomic E-state index is 12.4. The van der Waals surface area contributed by atoms with E-state index in [9.17, 15) is 9.59 Å². The summed E-state index contributed by atoms with van der Waals surface area (Å²) in [6, 6.07) is 3.45. The number of aryl methyl sites for hydroxylation is 2. The number of hydrogen-bond donors (Lipinski definition) is 1. The van der Waals surface area contributed by atoms with Crippen LogP contribution in [0.3, 0.4) is 0 Å². The van der Waals surface area contributed by atoms with E-state index in [0.717, 1.165) is 5.56 Å². The van der Waals surface area contributed by atoms with Gasteiger partial charge in [0, 0.05) is 30.6 Å². The number of aromatic nitrogens is 1. The van der Waals surface area contributed by atoms with Crippen molar-refractivity contribution in [3.05, 3.63) is 35.5 Å². The molecule has 3 heterocycles. The van der Waals surface area contributed by atoms with Crippen LogP contribution in [0.5, 0.6) is 0 Å². The topological polar surface area (TPSA) is 88.6 Å². The van der Waals surface area contributed by atoms with Gasteiger partial charge in [0.15, 0.2) is 11.6 Å². The number of furan rings is 1. The Morgan fingerprint density at radius 3 is 2.61 bits per heavy atom. The molecule has 122 valence electrons. The number of likely N-dealkylation sites (tertiary alicyclic amines) is 1. The molecular weight excluding hydrogens is 298 g/mol. The monoisotopic (exact) mass is 317 g/mol. The lowest BCUT2D eigenvalue weighted by Gasteiger charge is -2.30. The second-order valence-corrected chi connectivity index (χ2v) is 5.81. The first-order valence-corrected chi connectivity index (χ1v) is 7.62. The number of carbonyl (C=O) groups excluding carboxylic acids is 2. The Hall–Kier alpha value is -2.57. The van der Waals surface area contributed by atoms with Crippen molar-refractivity contribution in [2.45, 2.75) is 26.7 Å². The molecule has 23 heavy (non-hydrogen) atoms. The van der Waals surface area contributed by atoms with Gasteiger partial charge in [-0.3, -0.25) is 9.59 Å². The van der Waals surface area contributed by atoms with Gasteiger partial charge in [0.1, 0.15) is 5.76 Å².